The van der Waals surface area contributed by atoms with Crippen molar-refractivity contribution in [2.75, 3.05) is 16.8 Å². The lowest BCUT2D eigenvalue weighted by molar-refractivity contribution is 0.255. The van der Waals surface area contributed by atoms with E-state index < -0.39 is 0 Å². The predicted molar refractivity (Wildman–Crippen MR) is 82.1 cm³/mol. The fourth-order valence-electron chi connectivity index (χ4n) is 2.34. The number of hydrogen-bond acceptors (Lipinski definition) is 2. The van der Waals surface area contributed by atoms with Gasteiger partial charge in [0.05, 0.1) is 5.69 Å². The normalized spacial score (nSPS) is 14.0. The van der Waals surface area contributed by atoms with Crippen LogP contribution in [-0.2, 0) is 6.54 Å². The molecule has 0 spiro atoms. The Balaban J connectivity index is 1.79. The zero-order chi connectivity index (χ0) is 14.1. The lowest BCUT2D eigenvalue weighted by Crippen LogP contribution is -2.40. The van der Waals surface area contributed by atoms with E-state index in [-0.39, 0.29) is 6.03 Å². The molecule has 2 amide bonds. The van der Waals surface area contributed by atoms with Gasteiger partial charge in [-0.05, 0) is 37.6 Å². The molecule has 1 aliphatic heterocycles. The summed E-state index contributed by atoms with van der Waals surface area (Å²) in [5.41, 5.74) is 1.72. The van der Waals surface area contributed by atoms with Crippen LogP contribution in [0.4, 0.5) is 16.3 Å². The molecule has 0 unspecified atom stereocenters. The first-order valence-electron chi connectivity index (χ1n) is 6.52. The van der Waals surface area contributed by atoms with Crippen molar-refractivity contribution in [1.82, 2.24) is 9.78 Å². The van der Waals surface area contributed by atoms with Crippen LogP contribution in [0.25, 0.3) is 0 Å². The minimum Gasteiger partial charge on any atom is -0.308 e. The Morgan fingerprint density at radius 2 is 2.05 bits per heavy atom. The molecule has 20 heavy (non-hydrogen) atoms. The van der Waals surface area contributed by atoms with E-state index in [2.05, 4.69) is 26.3 Å². The summed E-state index contributed by atoms with van der Waals surface area (Å²) < 4.78 is 2.88. The standard InChI is InChI=1S/C14H15BrN4O/c1-10-9-13-18(7-2-8-19(13)17-10)14(20)16-12-5-3-11(15)4-6-12/h3-6,9H,2,7-8H2,1H3,(H,16,20). The van der Waals surface area contributed by atoms with Gasteiger partial charge in [0.2, 0.25) is 0 Å². The number of carbonyl (C=O) groups is 1. The van der Waals surface area contributed by atoms with Crippen molar-refractivity contribution in [1.29, 1.82) is 0 Å². The number of carbonyl (C=O) groups excluding carboxylic acids is 1. The quantitative estimate of drug-likeness (QED) is 0.868. The number of anilines is 2. The maximum Gasteiger partial charge on any atom is 0.327 e. The van der Waals surface area contributed by atoms with Crippen LogP contribution in [0.1, 0.15) is 12.1 Å². The lowest BCUT2D eigenvalue weighted by Gasteiger charge is -2.27. The Morgan fingerprint density at radius 1 is 1.30 bits per heavy atom. The highest BCUT2D eigenvalue weighted by Crippen LogP contribution is 2.23. The van der Waals surface area contributed by atoms with E-state index in [1.165, 1.54) is 0 Å². The number of benzene rings is 1. The van der Waals surface area contributed by atoms with Gasteiger partial charge < -0.3 is 5.32 Å². The maximum atomic E-state index is 12.4. The predicted octanol–water partition coefficient (Wildman–Crippen LogP) is 3.40. The van der Waals surface area contributed by atoms with Gasteiger partial charge in [-0.25, -0.2) is 9.48 Å². The number of amides is 2. The summed E-state index contributed by atoms with van der Waals surface area (Å²) >= 11 is 3.38. The van der Waals surface area contributed by atoms with Gasteiger partial charge in [-0.1, -0.05) is 15.9 Å². The van der Waals surface area contributed by atoms with Crippen molar-refractivity contribution >= 4 is 33.5 Å². The molecule has 2 heterocycles. The first-order chi connectivity index (χ1) is 9.63. The highest BCUT2D eigenvalue weighted by atomic mass is 79.9. The van der Waals surface area contributed by atoms with Crippen molar-refractivity contribution in [3.8, 4) is 0 Å². The third-order valence-electron chi connectivity index (χ3n) is 3.25. The highest BCUT2D eigenvalue weighted by Gasteiger charge is 2.23. The van der Waals surface area contributed by atoms with Crippen molar-refractivity contribution in [2.45, 2.75) is 19.9 Å². The largest absolute Gasteiger partial charge is 0.327 e. The first kappa shape index (κ1) is 13.2. The maximum absolute atomic E-state index is 12.4. The third-order valence-corrected chi connectivity index (χ3v) is 3.78. The third kappa shape index (κ3) is 2.56. The summed E-state index contributed by atoms with van der Waals surface area (Å²) in [4.78, 5) is 14.1. The lowest BCUT2D eigenvalue weighted by atomic mass is 10.3. The molecular weight excluding hydrogens is 320 g/mol. The van der Waals surface area contributed by atoms with Crippen LogP contribution in [0, 0.1) is 6.92 Å². The van der Waals surface area contributed by atoms with Crippen LogP contribution in [-0.4, -0.2) is 22.4 Å². The number of halogens is 1. The van der Waals surface area contributed by atoms with E-state index in [1.807, 2.05) is 41.9 Å². The molecule has 1 aliphatic rings. The molecule has 6 heteroatoms. The molecular formula is C14H15BrN4O. The number of nitrogens with zero attached hydrogens (tertiary/aromatic N) is 3. The van der Waals surface area contributed by atoms with Gasteiger partial charge in [-0.2, -0.15) is 5.10 Å². The minimum atomic E-state index is -0.117. The average Bonchev–Trinajstić information content (AvgIpc) is 2.81. The molecule has 0 bridgehead atoms. The van der Waals surface area contributed by atoms with E-state index in [0.29, 0.717) is 6.54 Å². The first-order valence-corrected chi connectivity index (χ1v) is 7.31. The minimum absolute atomic E-state index is 0.117. The number of urea groups is 1. The average molecular weight is 335 g/mol. The van der Waals surface area contributed by atoms with Crippen LogP contribution >= 0.6 is 15.9 Å². The molecule has 104 valence electrons. The summed E-state index contributed by atoms with van der Waals surface area (Å²) in [6, 6.07) is 9.37. The Hall–Kier alpha value is -1.82. The van der Waals surface area contributed by atoms with Crippen LogP contribution in [0.5, 0.6) is 0 Å². The molecule has 1 aromatic heterocycles. The van der Waals surface area contributed by atoms with Gasteiger partial charge in [0.25, 0.3) is 0 Å². The molecule has 1 aromatic carbocycles. The molecule has 2 aromatic rings. The Kier molecular flexibility index (Phi) is 3.48. The van der Waals surface area contributed by atoms with Gasteiger partial charge in [0.15, 0.2) is 0 Å². The van der Waals surface area contributed by atoms with Crippen LogP contribution in [0.3, 0.4) is 0 Å². The fraction of sp³-hybridized carbons (Fsp3) is 0.286. The molecule has 0 fully saturated rings. The van der Waals surface area contributed by atoms with E-state index in [4.69, 9.17) is 0 Å². The monoisotopic (exact) mass is 334 g/mol. The summed E-state index contributed by atoms with van der Waals surface area (Å²) in [5, 5.41) is 7.31. The molecule has 3 rings (SSSR count). The number of fused-ring (bicyclic) bond motifs is 1. The van der Waals surface area contributed by atoms with Gasteiger partial charge in [-0.3, -0.25) is 4.90 Å². The van der Waals surface area contributed by atoms with Crippen LogP contribution in [0.2, 0.25) is 0 Å². The Labute approximate surface area is 125 Å². The van der Waals surface area contributed by atoms with E-state index >= 15 is 0 Å². The van der Waals surface area contributed by atoms with Gasteiger partial charge in [-0.15, -0.1) is 0 Å². The molecule has 5 nitrogen and oxygen atoms in total. The molecule has 0 saturated heterocycles. The fourth-order valence-corrected chi connectivity index (χ4v) is 2.60. The van der Waals surface area contributed by atoms with E-state index in [1.54, 1.807) is 4.90 Å². The summed E-state index contributed by atoms with van der Waals surface area (Å²) in [6.07, 6.45) is 0.919. The summed E-state index contributed by atoms with van der Waals surface area (Å²) in [5.74, 6) is 0.864. The zero-order valence-electron chi connectivity index (χ0n) is 11.1. The highest BCUT2D eigenvalue weighted by molar-refractivity contribution is 9.10. The van der Waals surface area contributed by atoms with Crippen molar-refractivity contribution in [3.05, 3.63) is 40.5 Å². The molecule has 0 radical (unpaired) electrons. The zero-order valence-corrected chi connectivity index (χ0v) is 12.7. The topological polar surface area (TPSA) is 50.2 Å². The van der Waals surface area contributed by atoms with E-state index in [0.717, 1.165) is 34.6 Å². The van der Waals surface area contributed by atoms with Gasteiger partial charge in [0, 0.05) is 29.3 Å². The molecule has 0 saturated carbocycles. The number of hydrogen-bond donors (Lipinski definition) is 1. The second-order valence-electron chi connectivity index (χ2n) is 4.81. The Morgan fingerprint density at radius 3 is 2.80 bits per heavy atom. The van der Waals surface area contributed by atoms with Gasteiger partial charge in [0.1, 0.15) is 5.82 Å². The van der Waals surface area contributed by atoms with Gasteiger partial charge >= 0.3 is 6.03 Å². The smallest absolute Gasteiger partial charge is 0.308 e. The van der Waals surface area contributed by atoms with Crippen molar-refractivity contribution < 1.29 is 4.79 Å². The molecule has 0 aliphatic carbocycles. The number of rotatable bonds is 1. The van der Waals surface area contributed by atoms with Crippen molar-refractivity contribution in [2.24, 2.45) is 0 Å². The second kappa shape index (κ2) is 5.28. The Bertz CT molecular complexity index is 635. The van der Waals surface area contributed by atoms with Crippen molar-refractivity contribution in [3.63, 3.8) is 0 Å². The molecule has 1 N–H and O–H groups in total. The SMILES string of the molecule is Cc1cc2n(n1)CCCN2C(=O)Nc1ccc(Br)cc1. The van der Waals surface area contributed by atoms with Crippen LogP contribution in [0.15, 0.2) is 34.8 Å². The second-order valence-corrected chi connectivity index (χ2v) is 5.72. The number of nitrogens with one attached hydrogen (secondary N) is 1. The van der Waals surface area contributed by atoms with Crippen LogP contribution < -0.4 is 10.2 Å². The summed E-state index contributed by atoms with van der Waals surface area (Å²) in [7, 11) is 0. The molecule has 0 atom stereocenters. The summed E-state index contributed by atoms with van der Waals surface area (Å²) in [6.45, 7) is 3.52. The van der Waals surface area contributed by atoms with E-state index in [9.17, 15) is 4.79 Å². The number of aromatic nitrogens is 2. The number of aryl methyl sites for hydroxylation is 2.